The average molecular weight is 449 g/mol. The van der Waals surface area contributed by atoms with Crippen molar-refractivity contribution in [3.05, 3.63) is 28.4 Å². The Bertz CT molecular complexity index is 973. The fourth-order valence-electron chi connectivity index (χ4n) is 5.35. The van der Waals surface area contributed by atoms with E-state index in [1.807, 2.05) is 26.2 Å². The minimum absolute atomic E-state index is 0.00286. The molecule has 4 atom stereocenters. The number of fused-ring (bicyclic) bond motifs is 3. The van der Waals surface area contributed by atoms with Gasteiger partial charge in [-0.15, -0.1) is 11.3 Å². The second-order valence-corrected chi connectivity index (χ2v) is 10.3. The summed E-state index contributed by atoms with van der Waals surface area (Å²) >= 11 is 7.46. The maximum atomic E-state index is 13.4. The molecular formula is C21H25ClN4O3S. The normalized spacial score (nSPS) is 28.7. The standard InChI is InChI=1S/C21H25ClN4O3S/c1-24(2)8-4-10-26-20(27)16-13-5-3-9-25(13)18(17(16)21(26)28)12-11-29-19(23-12)14-6-7-15(22)30-14/h6-7,11,13,16-18H,3-5,8-10H2,1-2H3/t13-,16-,17-,18-/m0/s1. The minimum Gasteiger partial charge on any atom is -0.443 e. The summed E-state index contributed by atoms with van der Waals surface area (Å²) in [6.07, 6.45) is 4.43. The topological polar surface area (TPSA) is 69.9 Å². The largest absolute Gasteiger partial charge is 0.443 e. The Morgan fingerprint density at radius 1 is 1.27 bits per heavy atom. The zero-order valence-corrected chi connectivity index (χ0v) is 18.7. The molecule has 5 rings (SSSR count). The molecule has 7 nitrogen and oxygen atoms in total. The van der Waals surface area contributed by atoms with E-state index in [1.165, 1.54) is 16.2 Å². The van der Waals surface area contributed by atoms with E-state index in [9.17, 15) is 9.59 Å². The zero-order valence-electron chi connectivity index (χ0n) is 17.1. The molecule has 160 valence electrons. The number of amides is 2. The smallest absolute Gasteiger partial charge is 0.236 e. The van der Waals surface area contributed by atoms with Gasteiger partial charge in [-0.05, 0) is 58.6 Å². The van der Waals surface area contributed by atoms with E-state index in [2.05, 4.69) is 9.80 Å². The van der Waals surface area contributed by atoms with E-state index in [0.29, 0.717) is 16.8 Å². The SMILES string of the molecule is CN(C)CCCN1C(=O)[C@@H]2[C@H](C1=O)[C@H](c1coc(-c3ccc(Cl)s3)n1)N1CCC[C@@H]21. The molecule has 2 amide bonds. The van der Waals surface area contributed by atoms with E-state index in [-0.39, 0.29) is 35.7 Å². The van der Waals surface area contributed by atoms with Gasteiger partial charge in [0.25, 0.3) is 0 Å². The number of imide groups is 1. The lowest BCUT2D eigenvalue weighted by molar-refractivity contribution is -0.141. The molecule has 0 bridgehead atoms. The Morgan fingerprint density at radius 2 is 2.07 bits per heavy atom. The fraction of sp³-hybridized carbons (Fsp3) is 0.571. The van der Waals surface area contributed by atoms with Crippen LogP contribution in [0.1, 0.15) is 31.0 Å². The minimum atomic E-state index is -0.368. The summed E-state index contributed by atoms with van der Waals surface area (Å²) in [5.74, 6) is -0.169. The van der Waals surface area contributed by atoms with Gasteiger partial charge in [0, 0.05) is 12.6 Å². The molecule has 3 aliphatic heterocycles. The molecule has 30 heavy (non-hydrogen) atoms. The highest BCUT2D eigenvalue weighted by Crippen LogP contribution is 2.53. The molecule has 0 N–H and O–H groups in total. The third-order valence-electron chi connectivity index (χ3n) is 6.54. The molecule has 0 unspecified atom stereocenters. The van der Waals surface area contributed by atoms with Gasteiger partial charge in [0.15, 0.2) is 0 Å². The molecule has 0 aromatic carbocycles. The van der Waals surface area contributed by atoms with Crippen molar-refractivity contribution in [2.24, 2.45) is 11.8 Å². The molecule has 0 saturated carbocycles. The molecule has 2 aromatic rings. The van der Waals surface area contributed by atoms with Gasteiger partial charge in [-0.3, -0.25) is 19.4 Å². The van der Waals surface area contributed by atoms with Crippen LogP contribution in [0.5, 0.6) is 0 Å². The number of hydrogen-bond acceptors (Lipinski definition) is 7. The Kier molecular flexibility index (Phi) is 5.21. The number of thiophene rings is 1. The van der Waals surface area contributed by atoms with Gasteiger partial charge < -0.3 is 9.32 Å². The number of hydrogen-bond donors (Lipinski definition) is 0. The van der Waals surface area contributed by atoms with Crippen molar-refractivity contribution in [1.29, 1.82) is 0 Å². The predicted octanol–water partition coefficient (Wildman–Crippen LogP) is 3.13. The lowest BCUT2D eigenvalue weighted by Gasteiger charge is -2.27. The highest BCUT2D eigenvalue weighted by Gasteiger charge is 2.63. The molecule has 0 aliphatic carbocycles. The monoisotopic (exact) mass is 448 g/mol. The summed E-state index contributed by atoms with van der Waals surface area (Å²) in [7, 11) is 4.00. The molecule has 3 saturated heterocycles. The van der Waals surface area contributed by atoms with Crippen LogP contribution in [-0.4, -0.2) is 71.3 Å². The van der Waals surface area contributed by atoms with Gasteiger partial charge in [-0.1, -0.05) is 11.6 Å². The van der Waals surface area contributed by atoms with Crippen molar-refractivity contribution >= 4 is 34.8 Å². The number of rotatable bonds is 6. The fourth-order valence-corrected chi connectivity index (χ4v) is 6.32. The molecule has 0 spiro atoms. The number of likely N-dealkylation sites (tertiary alicyclic amines) is 1. The third-order valence-corrected chi connectivity index (χ3v) is 7.76. The summed E-state index contributed by atoms with van der Waals surface area (Å²) in [5, 5.41) is 0. The lowest BCUT2D eigenvalue weighted by Crippen LogP contribution is -2.40. The van der Waals surface area contributed by atoms with Crippen molar-refractivity contribution in [2.45, 2.75) is 31.3 Å². The summed E-state index contributed by atoms with van der Waals surface area (Å²) in [5.41, 5.74) is 0.741. The Hall–Kier alpha value is -1.74. The number of oxazole rings is 1. The molecular weight excluding hydrogens is 424 g/mol. The van der Waals surface area contributed by atoms with Crippen LogP contribution in [0.3, 0.4) is 0 Å². The summed E-state index contributed by atoms with van der Waals surface area (Å²) in [6, 6.07) is 3.62. The number of carbonyl (C=O) groups is 2. The van der Waals surface area contributed by atoms with E-state index in [0.717, 1.165) is 42.9 Å². The average Bonchev–Trinajstić information content (AvgIpc) is 3.47. The highest BCUT2D eigenvalue weighted by molar-refractivity contribution is 7.19. The first-order chi connectivity index (χ1) is 14.5. The van der Waals surface area contributed by atoms with Gasteiger partial charge in [-0.2, -0.15) is 0 Å². The van der Waals surface area contributed by atoms with E-state index >= 15 is 0 Å². The van der Waals surface area contributed by atoms with Crippen LogP contribution in [0.15, 0.2) is 22.8 Å². The van der Waals surface area contributed by atoms with Crippen LogP contribution in [0, 0.1) is 11.8 Å². The highest BCUT2D eigenvalue weighted by atomic mass is 35.5. The first-order valence-electron chi connectivity index (χ1n) is 10.4. The van der Waals surface area contributed by atoms with Crippen LogP contribution in [0.2, 0.25) is 4.34 Å². The third kappa shape index (κ3) is 3.21. The van der Waals surface area contributed by atoms with Crippen molar-refractivity contribution in [3.63, 3.8) is 0 Å². The maximum absolute atomic E-state index is 13.4. The first-order valence-corrected chi connectivity index (χ1v) is 11.6. The quantitative estimate of drug-likeness (QED) is 0.632. The van der Waals surface area contributed by atoms with E-state index in [4.69, 9.17) is 21.0 Å². The summed E-state index contributed by atoms with van der Waals surface area (Å²) in [4.78, 5) is 38.1. The Labute approximate surface area is 184 Å². The second kappa shape index (κ2) is 7.75. The number of carbonyl (C=O) groups excluding carboxylic acids is 2. The van der Waals surface area contributed by atoms with Crippen LogP contribution < -0.4 is 0 Å². The summed E-state index contributed by atoms with van der Waals surface area (Å²) in [6.45, 7) is 2.22. The van der Waals surface area contributed by atoms with Crippen molar-refractivity contribution in [2.75, 3.05) is 33.7 Å². The number of aromatic nitrogens is 1. The van der Waals surface area contributed by atoms with E-state index in [1.54, 1.807) is 6.26 Å². The van der Waals surface area contributed by atoms with Crippen molar-refractivity contribution < 1.29 is 14.0 Å². The van der Waals surface area contributed by atoms with E-state index < -0.39 is 0 Å². The number of halogens is 1. The van der Waals surface area contributed by atoms with Crippen LogP contribution in [0.25, 0.3) is 10.8 Å². The van der Waals surface area contributed by atoms with Crippen LogP contribution >= 0.6 is 22.9 Å². The van der Waals surface area contributed by atoms with Gasteiger partial charge in [0.1, 0.15) is 6.26 Å². The van der Waals surface area contributed by atoms with Crippen molar-refractivity contribution in [1.82, 2.24) is 19.7 Å². The first kappa shape index (κ1) is 20.2. The molecule has 2 aromatic heterocycles. The van der Waals surface area contributed by atoms with Gasteiger partial charge in [-0.25, -0.2) is 4.98 Å². The molecule has 3 fully saturated rings. The second-order valence-electron chi connectivity index (χ2n) is 8.61. The lowest BCUT2D eigenvalue weighted by atomic mass is 9.87. The predicted molar refractivity (Wildman–Crippen MR) is 114 cm³/mol. The molecule has 5 heterocycles. The summed E-state index contributed by atoms with van der Waals surface area (Å²) < 4.78 is 6.43. The van der Waals surface area contributed by atoms with Gasteiger partial charge in [0.05, 0.1) is 32.8 Å². The van der Waals surface area contributed by atoms with Gasteiger partial charge >= 0.3 is 0 Å². The molecule has 0 radical (unpaired) electrons. The number of nitrogens with zero attached hydrogens (tertiary/aromatic N) is 4. The molecule has 3 aliphatic rings. The maximum Gasteiger partial charge on any atom is 0.236 e. The van der Waals surface area contributed by atoms with Crippen molar-refractivity contribution in [3.8, 4) is 10.8 Å². The molecule has 9 heteroatoms. The van der Waals surface area contributed by atoms with Gasteiger partial charge in [0.2, 0.25) is 17.7 Å². The Morgan fingerprint density at radius 3 is 2.80 bits per heavy atom. The zero-order chi connectivity index (χ0) is 21.0. The Balaban J connectivity index is 1.43. The van der Waals surface area contributed by atoms with Crippen LogP contribution in [-0.2, 0) is 9.59 Å². The van der Waals surface area contributed by atoms with Crippen LogP contribution in [0.4, 0.5) is 0 Å².